The highest BCUT2D eigenvalue weighted by atomic mass is 32.2. The topological polar surface area (TPSA) is 78.5 Å². The Kier molecular flexibility index (Phi) is 7.12. The second-order valence-corrected chi connectivity index (χ2v) is 8.74. The van der Waals surface area contributed by atoms with Crippen LogP contribution in [0, 0.1) is 0 Å². The summed E-state index contributed by atoms with van der Waals surface area (Å²) in [6.07, 6.45) is 0. The van der Waals surface area contributed by atoms with Gasteiger partial charge in [0.2, 0.25) is 15.9 Å². The number of nitrogens with one attached hydrogen (secondary N) is 2. The van der Waals surface area contributed by atoms with E-state index in [-0.39, 0.29) is 11.9 Å². The van der Waals surface area contributed by atoms with Gasteiger partial charge in [0.05, 0.1) is 4.90 Å². The van der Waals surface area contributed by atoms with Crippen LogP contribution in [0.25, 0.3) is 0 Å². The predicted octanol–water partition coefficient (Wildman–Crippen LogP) is 2.96. The van der Waals surface area contributed by atoms with Gasteiger partial charge in [-0.25, -0.2) is 8.42 Å². The van der Waals surface area contributed by atoms with Gasteiger partial charge in [-0.2, -0.15) is 4.31 Å². The Labute approximate surface area is 161 Å². The Morgan fingerprint density at radius 1 is 0.963 bits per heavy atom. The quantitative estimate of drug-likeness (QED) is 0.728. The molecule has 0 heterocycles. The molecule has 6 nitrogen and oxygen atoms in total. The molecule has 0 aliphatic rings. The molecule has 0 saturated carbocycles. The number of benzene rings is 2. The third-order valence-corrected chi connectivity index (χ3v) is 6.31. The molecule has 0 radical (unpaired) electrons. The van der Waals surface area contributed by atoms with Crippen LogP contribution in [0.2, 0.25) is 0 Å². The monoisotopic (exact) mass is 389 g/mol. The van der Waals surface area contributed by atoms with Gasteiger partial charge in [-0.1, -0.05) is 24.3 Å². The van der Waals surface area contributed by atoms with Crippen LogP contribution in [0.1, 0.15) is 31.9 Å². The molecule has 2 rings (SSSR count). The van der Waals surface area contributed by atoms with Crippen molar-refractivity contribution in [3.63, 3.8) is 0 Å². The van der Waals surface area contributed by atoms with E-state index in [9.17, 15) is 13.2 Å². The Balaban J connectivity index is 1.91. The third kappa shape index (κ3) is 5.89. The van der Waals surface area contributed by atoms with E-state index in [4.69, 9.17) is 0 Å². The molecule has 7 heteroatoms. The third-order valence-electron chi connectivity index (χ3n) is 4.26. The lowest BCUT2D eigenvalue weighted by Crippen LogP contribution is -2.33. The van der Waals surface area contributed by atoms with Gasteiger partial charge in [-0.15, -0.1) is 0 Å². The molecule has 1 amide bonds. The standard InChI is InChI=1S/C20H27N3O3S/c1-15(2)23(4)27(25,26)20-11-7-18(8-12-20)14-21-13-17-5-9-19(10-6-17)22-16(3)24/h5-12,15,21H,13-14H2,1-4H3,(H,22,24). The Morgan fingerprint density at radius 3 is 1.89 bits per heavy atom. The van der Waals surface area contributed by atoms with Crippen LogP contribution in [0.3, 0.4) is 0 Å². The molecule has 2 aromatic carbocycles. The number of rotatable bonds is 8. The lowest BCUT2D eigenvalue weighted by Gasteiger charge is -2.21. The number of carbonyl (C=O) groups excluding carboxylic acids is 1. The number of sulfonamides is 1. The molecule has 2 N–H and O–H groups in total. The maximum Gasteiger partial charge on any atom is 0.243 e. The fourth-order valence-corrected chi connectivity index (χ4v) is 3.85. The summed E-state index contributed by atoms with van der Waals surface area (Å²) < 4.78 is 26.3. The predicted molar refractivity (Wildman–Crippen MR) is 108 cm³/mol. The molecule has 2 aromatic rings. The van der Waals surface area contributed by atoms with Gasteiger partial charge in [-0.3, -0.25) is 4.79 Å². The number of hydrogen-bond acceptors (Lipinski definition) is 4. The minimum Gasteiger partial charge on any atom is -0.326 e. The smallest absolute Gasteiger partial charge is 0.243 e. The molecule has 0 fully saturated rings. The first-order chi connectivity index (χ1) is 12.7. The van der Waals surface area contributed by atoms with Crippen LogP contribution < -0.4 is 10.6 Å². The first-order valence-corrected chi connectivity index (χ1v) is 10.3. The first kappa shape index (κ1) is 21.1. The maximum atomic E-state index is 12.5. The van der Waals surface area contributed by atoms with Gasteiger partial charge in [0.1, 0.15) is 0 Å². The Bertz CT molecular complexity index is 860. The van der Waals surface area contributed by atoms with Crippen LogP contribution >= 0.6 is 0 Å². The van der Waals surface area contributed by atoms with E-state index >= 15 is 0 Å². The molecule has 0 saturated heterocycles. The highest BCUT2D eigenvalue weighted by molar-refractivity contribution is 7.89. The zero-order valence-electron chi connectivity index (χ0n) is 16.2. The molecule has 0 unspecified atom stereocenters. The number of amides is 1. The molecule has 27 heavy (non-hydrogen) atoms. The Hall–Kier alpha value is -2.22. The lowest BCUT2D eigenvalue weighted by atomic mass is 10.2. The van der Waals surface area contributed by atoms with E-state index in [2.05, 4.69) is 10.6 Å². The average molecular weight is 390 g/mol. The van der Waals surface area contributed by atoms with Crippen LogP contribution in [0.5, 0.6) is 0 Å². The van der Waals surface area contributed by atoms with Crippen molar-refractivity contribution in [2.75, 3.05) is 12.4 Å². The summed E-state index contributed by atoms with van der Waals surface area (Å²) >= 11 is 0. The molecule has 0 aromatic heterocycles. The summed E-state index contributed by atoms with van der Waals surface area (Å²) in [6.45, 7) is 6.48. The normalized spacial score (nSPS) is 11.8. The maximum absolute atomic E-state index is 12.5. The van der Waals surface area contributed by atoms with Crippen molar-refractivity contribution in [2.24, 2.45) is 0 Å². The zero-order valence-corrected chi connectivity index (χ0v) is 17.0. The van der Waals surface area contributed by atoms with E-state index < -0.39 is 10.0 Å². The fraction of sp³-hybridized carbons (Fsp3) is 0.350. The van der Waals surface area contributed by atoms with Crippen LogP contribution in [0.15, 0.2) is 53.4 Å². The van der Waals surface area contributed by atoms with E-state index in [1.807, 2.05) is 50.2 Å². The van der Waals surface area contributed by atoms with Crippen LogP contribution in [0.4, 0.5) is 5.69 Å². The molecular weight excluding hydrogens is 362 g/mol. The second kappa shape index (κ2) is 9.12. The summed E-state index contributed by atoms with van der Waals surface area (Å²) in [5.41, 5.74) is 2.88. The highest BCUT2D eigenvalue weighted by Crippen LogP contribution is 2.17. The Morgan fingerprint density at radius 2 is 1.44 bits per heavy atom. The number of nitrogens with zero attached hydrogens (tertiary/aromatic N) is 1. The van der Waals surface area contributed by atoms with Crippen molar-refractivity contribution in [1.82, 2.24) is 9.62 Å². The summed E-state index contributed by atoms with van der Waals surface area (Å²) in [5, 5.41) is 6.06. The molecule has 146 valence electrons. The summed E-state index contributed by atoms with van der Waals surface area (Å²) in [7, 11) is -1.86. The van der Waals surface area contributed by atoms with Gasteiger partial charge in [0.25, 0.3) is 0 Å². The minimum absolute atomic E-state index is 0.0895. The summed E-state index contributed by atoms with van der Waals surface area (Å²) in [4.78, 5) is 11.3. The van der Waals surface area contributed by atoms with Gasteiger partial charge in [0, 0.05) is 38.8 Å². The highest BCUT2D eigenvalue weighted by Gasteiger charge is 2.22. The molecular formula is C20H27N3O3S. The van der Waals surface area contributed by atoms with Crippen molar-refractivity contribution in [3.05, 3.63) is 59.7 Å². The number of hydrogen-bond donors (Lipinski definition) is 2. The molecule has 0 aliphatic heterocycles. The number of anilines is 1. The van der Waals surface area contributed by atoms with E-state index in [0.29, 0.717) is 18.0 Å². The van der Waals surface area contributed by atoms with E-state index in [1.165, 1.54) is 11.2 Å². The number of carbonyl (C=O) groups is 1. The van der Waals surface area contributed by atoms with Gasteiger partial charge in [-0.05, 0) is 49.2 Å². The fourth-order valence-electron chi connectivity index (χ4n) is 2.48. The molecule has 0 aliphatic carbocycles. The zero-order chi connectivity index (χ0) is 20.0. The van der Waals surface area contributed by atoms with Crippen molar-refractivity contribution in [1.29, 1.82) is 0 Å². The van der Waals surface area contributed by atoms with Crippen molar-refractivity contribution >= 4 is 21.6 Å². The van der Waals surface area contributed by atoms with E-state index in [1.54, 1.807) is 19.2 Å². The van der Waals surface area contributed by atoms with Gasteiger partial charge < -0.3 is 10.6 Å². The molecule has 0 spiro atoms. The summed E-state index contributed by atoms with van der Waals surface area (Å²) in [5.74, 6) is -0.0917. The lowest BCUT2D eigenvalue weighted by molar-refractivity contribution is -0.114. The SMILES string of the molecule is CC(=O)Nc1ccc(CNCc2ccc(S(=O)(=O)N(C)C(C)C)cc2)cc1. The van der Waals surface area contributed by atoms with Crippen LogP contribution in [-0.4, -0.2) is 31.7 Å². The van der Waals surface area contributed by atoms with Gasteiger partial charge in [0.15, 0.2) is 0 Å². The molecule has 0 bridgehead atoms. The minimum atomic E-state index is -3.45. The van der Waals surface area contributed by atoms with Crippen molar-refractivity contribution in [2.45, 2.75) is 44.8 Å². The van der Waals surface area contributed by atoms with Crippen LogP contribution in [-0.2, 0) is 27.9 Å². The first-order valence-electron chi connectivity index (χ1n) is 8.84. The molecule has 0 atom stereocenters. The van der Waals surface area contributed by atoms with Gasteiger partial charge >= 0.3 is 0 Å². The summed E-state index contributed by atoms with van der Waals surface area (Å²) in [6, 6.07) is 14.5. The van der Waals surface area contributed by atoms with Crippen molar-refractivity contribution < 1.29 is 13.2 Å². The largest absolute Gasteiger partial charge is 0.326 e. The van der Waals surface area contributed by atoms with E-state index in [0.717, 1.165) is 16.8 Å². The average Bonchev–Trinajstić information content (AvgIpc) is 2.62. The van der Waals surface area contributed by atoms with Crippen molar-refractivity contribution in [3.8, 4) is 0 Å². The second-order valence-electron chi connectivity index (χ2n) is 6.74.